The molecule has 1 aromatic carbocycles. The van der Waals surface area contributed by atoms with Crippen LogP contribution in [0.15, 0.2) is 24.3 Å². The van der Waals surface area contributed by atoms with Crippen molar-refractivity contribution < 1.29 is 18.7 Å². The molecule has 4 nitrogen and oxygen atoms in total. The van der Waals surface area contributed by atoms with Crippen LogP contribution in [0.3, 0.4) is 0 Å². The minimum atomic E-state index is -2.10. The van der Waals surface area contributed by atoms with Crippen LogP contribution in [0.5, 0.6) is 0 Å². The molecule has 0 saturated carbocycles. The van der Waals surface area contributed by atoms with Crippen molar-refractivity contribution in [2.75, 3.05) is 0 Å². The summed E-state index contributed by atoms with van der Waals surface area (Å²) in [6, 6.07) is 6.48. The molecular formula is C9H9O4S-. The number of aliphatic carboxylic acids is 1. The van der Waals surface area contributed by atoms with Crippen molar-refractivity contribution in [2.24, 2.45) is 0 Å². The van der Waals surface area contributed by atoms with Gasteiger partial charge in [0.25, 0.3) is 0 Å². The van der Waals surface area contributed by atoms with Gasteiger partial charge in [0.2, 0.25) is 0 Å². The van der Waals surface area contributed by atoms with E-state index in [9.17, 15) is 13.6 Å². The van der Waals surface area contributed by atoms with Crippen LogP contribution >= 0.6 is 0 Å². The zero-order valence-electron chi connectivity index (χ0n) is 7.30. The fourth-order valence-electron chi connectivity index (χ4n) is 1.06. The fourth-order valence-corrected chi connectivity index (χ4v) is 1.53. The van der Waals surface area contributed by atoms with Crippen LogP contribution in [0.2, 0.25) is 0 Å². The number of rotatable bonds is 4. The lowest BCUT2D eigenvalue weighted by atomic mass is 10.1. The van der Waals surface area contributed by atoms with Gasteiger partial charge < -0.3 is 9.66 Å². The molecule has 1 atom stereocenters. The number of carboxylic acids is 1. The summed E-state index contributed by atoms with van der Waals surface area (Å²) in [5.41, 5.74) is 1.32. The zero-order valence-corrected chi connectivity index (χ0v) is 8.12. The second kappa shape index (κ2) is 4.88. The van der Waals surface area contributed by atoms with E-state index in [4.69, 9.17) is 5.11 Å². The molecule has 0 spiro atoms. The Balaban J connectivity index is 2.68. The van der Waals surface area contributed by atoms with E-state index in [-0.39, 0.29) is 12.2 Å². The minimum Gasteiger partial charge on any atom is -0.772 e. The highest BCUT2D eigenvalue weighted by Gasteiger charge is 1.99. The van der Waals surface area contributed by atoms with Gasteiger partial charge in [-0.05, 0) is 11.1 Å². The summed E-state index contributed by atoms with van der Waals surface area (Å²) in [5.74, 6) is -0.932. The van der Waals surface area contributed by atoms with Crippen LogP contribution in [0, 0.1) is 0 Å². The third-order valence-electron chi connectivity index (χ3n) is 1.66. The Morgan fingerprint density at radius 2 is 1.79 bits per heavy atom. The van der Waals surface area contributed by atoms with Gasteiger partial charge in [0.1, 0.15) is 0 Å². The Labute approximate surface area is 83.9 Å². The molecule has 76 valence electrons. The Hall–Kier alpha value is -1.20. The molecule has 0 bridgehead atoms. The van der Waals surface area contributed by atoms with E-state index in [1.807, 2.05) is 0 Å². The lowest BCUT2D eigenvalue weighted by Crippen LogP contribution is -2.00. The molecule has 14 heavy (non-hydrogen) atoms. The first-order valence-electron chi connectivity index (χ1n) is 3.93. The van der Waals surface area contributed by atoms with Crippen molar-refractivity contribution in [3.63, 3.8) is 0 Å². The largest absolute Gasteiger partial charge is 0.772 e. The van der Waals surface area contributed by atoms with Gasteiger partial charge in [-0.1, -0.05) is 35.3 Å². The maximum atomic E-state index is 10.3. The quantitative estimate of drug-likeness (QED) is 0.746. The van der Waals surface area contributed by atoms with E-state index < -0.39 is 17.0 Å². The number of carboxylic acid groups (broad SMARTS) is 1. The molecule has 0 aromatic heterocycles. The zero-order chi connectivity index (χ0) is 10.6. The highest BCUT2D eigenvalue weighted by molar-refractivity contribution is 7.78. The van der Waals surface area contributed by atoms with Gasteiger partial charge in [-0.2, -0.15) is 0 Å². The summed E-state index contributed by atoms with van der Waals surface area (Å²) in [4.78, 5) is 10.3. The van der Waals surface area contributed by atoms with Crippen LogP contribution in [-0.2, 0) is 28.0 Å². The minimum absolute atomic E-state index is 0.0344. The highest BCUT2D eigenvalue weighted by atomic mass is 32.2. The van der Waals surface area contributed by atoms with E-state index in [0.717, 1.165) is 0 Å². The molecule has 0 amide bonds. The second-order valence-electron chi connectivity index (χ2n) is 2.84. The van der Waals surface area contributed by atoms with Gasteiger partial charge >= 0.3 is 5.97 Å². The average molecular weight is 213 g/mol. The van der Waals surface area contributed by atoms with Crippen molar-refractivity contribution in [1.29, 1.82) is 0 Å². The van der Waals surface area contributed by atoms with Crippen LogP contribution in [0.4, 0.5) is 0 Å². The van der Waals surface area contributed by atoms with Crippen molar-refractivity contribution in [2.45, 2.75) is 12.2 Å². The third-order valence-corrected chi connectivity index (χ3v) is 2.23. The van der Waals surface area contributed by atoms with Crippen molar-refractivity contribution in [3.05, 3.63) is 35.4 Å². The molecule has 0 saturated heterocycles. The molecule has 0 aliphatic heterocycles. The number of hydrogen-bond donors (Lipinski definition) is 1. The molecule has 1 N–H and O–H groups in total. The van der Waals surface area contributed by atoms with Gasteiger partial charge in [-0.25, -0.2) is 0 Å². The topological polar surface area (TPSA) is 77.4 Å². The Morgan fingerprint density at radius 3 is 2.21 bits per heavy atom. The maximum Gasteiger partial charge on any atom is 0.307 e. The normalized spacial score (nSPS) is 12.4. The third kappa shape index (κ3) is 3.68. The van der Waals surface area contributed by atoms with Gasteiger partial charge in [-0.15, -0.1) is 0 Å². The molecule has 1 aromatic rings. The summed E-state index contributed by atoms with van der Waals surface area (Å²) in [6.45, 7) is 0. The van der Waals surface area contributed by atoms with Crippen molar-refractivity contribution in [3.8, 4) is 0 Å². The monoisotopic (exact) mass is 213 g/mol. The lowest BCUT2D eigenvalue weighted by Gasteiger charge is -2.05. The fraction of sp³-hybridized carbons (Fsp3) is 0.222. The molecule has 0 aliphatic rings. The summed E-state index contributed by atoms with van der Waals surface area (Å²) < 4.78 is 20.7. The number of hydrogen-bond acceptors (Lipinski definition) is 3. The summed E-state index contributed by atoms with van der Waals surface area (Å²) in [6.07, 6.45) is -0.0409. The maximum absolute atomic E-state index is 10.3. The number of carbonyl (C=O) groups is 1. The first-order chi connectivity index (χ1) is 6.58. The van der Waals surface area contributed by atoms with Crippen LogP contribution in [0.1, 0.15) is 11.1 Å². The van der Waals surface area contributed by atoms with Gasteiger partial charge in [0.05, 0.1) is 6.42 Å². The first-order valence-corrected chi connectivity index (χ1v) is 5.18. The van der Waals surface area contributed by atoms with E-state index in [0.29, 0.717) is 11.1 Å². The molecule has 0 radical (unpaired) electrons. The van der Waals surface area contributed by atoms with Crippen LogP contribution in [-0.4, -0.2) is 19.8 Å². The molecule has 0 aliphatic carbocycles. The summed E-state index contributed by atoms with van der Waals surface area (Å²) in [5, 5.41) is 8.48. The smallest absolute Gasteiger partial charge is 0.307 e. The predicted molar refractivity (Wildman–Crippen MR) is 50.4 cm³/mol. The Morgan fingerprint density at radius 1 is 1.29 bits per heavy atom. The second-order valence-corrected chi connectivity index (χ2v) is 3.73. The predicted octanol–water partition coefficient (Wildman–Crippen LogP) is 0.693. The highest BCUT2D eigenvalue weighted by Crippen LogP contribution is 2.06. The first kappa shape index (κ1) is 10.9. The summed E-state index contributed by atoms with van der Waals surface area (Å²) >= 11 is -2.10. The van der Waals surface area contributed by atoms with Crippen molar-refractivity contribution >= 4 is 17.0 Å². The van der Waals surface area contributed by atoms with E-state index in [1.165, 1.54) is 0 Å². The Bertz CT molecular complexity index is 309. The SMILES string of the molecule is O=C(O)Cc1ccc(CS(=O)[O-])cc1. The Kier molecular flexibility index (Phi) is 3.79. The van der Waals surface area contributed by atoms with Gasteiger partial charge in [0.15, 0.2) is 0 Å². The molecule has 5 heteroatoms. The average Bonchev–Trinajstić information content (AvgIpc) is 2.06. The van der Waals surface area contributed by atoms with Crippen molar-refractivity contribution in [1.82, 2.24) is 0 Å². The number of benzene rings is 1. The molecule has 0 heterocycles. The van der Waals surface area contributed by atoms with E-state index in [1.54, 1.807) is 24.3 Å². The van der Waals surface area contributed by atoms with Gasteiger partial charge in [0, 0.05) is 5.75 Å². The van der Waals surface area contributed by atoms with E-state index in [2.05, 4.69) is 0 Å². The van der Waals surface area contributed by atoms with Crippen LogP contribution < -0.4 is 0 Å². The lowest BCUT2D eigenvalue weighted by molar-refractivity contribution is -0.136. The molecule has 0 fully saturated rings. The molecular weight excluding hydrogens is 204 g/mol. The van der Waals surface area contributed by atoms with E-state index >= 15 is 0 Å². The standard InChI is InChI=1S/C9H10O4S/c10-9(11)5-7-1-3-8(4-2-7)6-14(12)13/h1-4H,5-6H2,(H,10,11)(H,12,13)/p-1. The molecule has 1 rings (SSSR count). The molecule has 1 unspecified atom stereocenters. The van der Waals surface area contributed by atoms with Crippen LogP contribution in [0.25, 0.3) is 0 Å². The van der Waals surface area contributed by atoms with Gasteiger partial charge in [-0.3, -0.25) is 9.00 Å². The summed E-state index contributed by atoms with van der Waals surface area (Å²) in [7, 11) is 0.